The predicted molar refractivity (Wildman–Crippen MR) is 72.6 cm³/mol. The third kappa shape index (κ3) is 2.82. The van der Waals surface area contributed by atoms with E-state index >= 15 is 0 Å². The second kappa shape index (κ2) is 5.87. The summed E-state index contributed by atoms with van der Waals surface area (Å²) in [6.45, 7) is 7.49. The van der Waals surface area contributed by atoms with Crippen LogP contribution in [0.15, 0.2) is 29.4 Å². The van der Waals surface area contributed by atoms with Crippen LogP contribution in [0.4, 0.5) is 5.69 Å². The van der Waals surface area contributed by atoms with Gasteiger partial charge in [-0.1, -0.05) is 31.1 Å². The minimum Gasteiger partial charge on any atom is -0.411 e. The lowest BCUT2D eigenvalue weighted by Gasteiger charge is -2.29. The lowest BCUT2D eigenvalue weighted by molar-refractivity contribution is 0.122. The van der Waals surface area contributed by atoms with Crippen LogP contribution in [0.3, 0.4) is 0 Å². The number of benzene rings is 1. The van der Waals surface area contributed by atoms with E-state index < -0.39 is 0 Å². The Kier molecular flexibility index (Phi) is 4.20. The van der Waals surface area contributed by atoms with Crippen LogP contribution in [0.25, 0.3) is 0 Å². The minimum atomic E-state index is 0.212. The Labute approximate surface area is 108 Å². The van der Waals surface area contributed by atoms with Gasteiger partial charge in [0, 0.05) is 18.8 Å². The Balaban J connectivity index is 2.14. The summed E-state index contributed by atoms with van der Waals surface area (Å²) >= 11 is 0. The smallest absolute Gasteiger partial charge is 0.0893 e. The van der Waals surface area contributed by atoms with Crippen LogP contribution < -0.4 is 4.90 Å². The largest absolute Gasteiger partial charge is 0.411 e. The molecule has 0 radical (unpaired) electrons. The molecule has 0 bridgehead atoms. The molecule has 1 saturated heterocycles. The molecule has 0 atom stereocenters. The second-order valence-corrected chi connectivity index (χ2v) is 4.79. The van der Waals surface area contributed by atoms with Crippen molar-refractivity contribution >= 4 is 11.4 Å². The highest BCUT2D eigenvalue weighted by Gasteiger charge is 2.13. The van der Waals surface area contributed by atoms with Crippen LogP contribution in [0.2, 0.25) is 0 Å². The van der Waals surface area contributed by atoms with E-state index in [2.05, 4.69) is 22.2 Å². The third-order valence-electron chi connectivity index (χ3n) is 3.19. The number of nitrogens with zero attached hydrogens (tertiary/aromatic N) is 2. The number of morpholine rings is 1. The molecule has 1 N–H and O–H groups in total. The van der Waals surface area contributed by atoms with Gasteiger partial charge in [-0.05, 0) is 23.6 Å². The predicted octanol–water partition coefficient (Wildman–Crippen LogP) is 2.36. The van der Waals surface area contributed by atoms with Gasteiger partial charge in [0.25, 0.3) is 0 Å². The molecular formula is C14H20N2O2. The highest BCUT2D eigenvalue weighted by Crippen LogP contribution is 2.18. The summed E-state index contributed by atoms with van der Waals surface area (Å²) in [7, 11) is 0. The van der Waals surface area contributed by atoms with Crippen molar-refractivity contribution in [2.45, 2.75) is 13.8 Å². The Bertz CT molecular complexity index is 406. The molecule has 1 fully saturated rings. The van der Waals surface area contributed by atoms with E-state index in [9.17, 15) is 0 Å². The molecule has 1 aliphatic heterocycles. The molecule has 0 aromatic heterocycles. The Morgan fingerprint density at radius 2 is 1.83 bits per heavy atom. The molecule has 4 heteroatoms. The number of rotatable bonds is 3. The molecule has 18 heavy (non-hydrogen) atoms. The van der Waals surface area contributed by atoms with Crippen molar-refractivity contribution in [3.8, 4) is 0 Å². The lowest BCUT2D eigenvalue weighted by Crippen LogP contribution is -2.36. The standard InChI is InChI=1S/C14H20N2O2/c1-11(2)14(15-17)12-3-5-13(6-4-12)16-7-9-18-10-8-16/h3-6,11,17H,7-10H2,1-2H3/b15-14+. The van der Waals surface area contributed by atoms with Crippen LogP contribution >= 0.6 is 0 Å². The fourth-order valence-electron chi connectivity index (χ4n) is 2.17. The molecule has 98 valence electrons. The van der Waals surface area contributed by atoms with Crippen molar-refractivity contribution < 1.29 is 9.94 Å². The summed E-state index contributed by atoms with van der Waals surface area (Å²) in [5.74, 6) is 0.212. The van der Waals surface area contributed by atoms with E-state index in [1.807, 2.05) is 26.0 Å². The van der Waals surface area contributed by atoms with Gasteiger partial charge in [-0.2, -0.15) is 0 Å². The highest BCUT2D eigenvalue weighted by atomic mass is 16.5. The first-order valence-electron chi connectivity index (χ1n) is 6.37. The molecular weight excluding hydrogens is 228 g/mol. The molecule has 1 heterocycles. The van der Waals surface area contributed by atoms with Gasteiger partial charge in [-0.15, -0.1) is 0 Å². The summed E-state index contributed by atoms with van der Waals surface area (Å²) in [6.07, 6.45) is 0. The van der Waals surface area contributed by atoms with Crippen LogP contribution in [0.5, 0.6) is 0 Å². The van der Waals surface area contributed by atoms with Gasteiger partial charge in [0.2, 0.25) is 0 Å². The maximum absolute atomic E-state index is 9.03. The molecule has 1 aromatic carbocycles. The van der Waals surface area contributed by atoms with E-state index in [4.69, 9.17) is 9.94 Å². The van der Waals surface area contributed by atoms with Crippen LogP contribution in [0, 0.1) is 5.92 Å². The third-order valence-corrected chi connectivity index (χ3v) is 3.19. The normalized spacial score (nSPS) is 17.3. The second-order valence-electron chi connectivity index (χ2n) is 4.79. The van der Waals surface area contributed by atoms with Gasteiger partial charge < -0.3 is 14.8 Å². The summed E-state index contributed by atoms with van der Waals surface area (Å²) in [6, 6.07) is 8.18. The quantitative estimate of drug-likeness (QED) is 0.507. The number of oxime groups is 1. The van der Waals surface area contributed by atoms with Crippen LogP contribution in [-0.2, 0) is 4.74 Å². The van der Waals surface area contributed by atoms with Crippen LogP contribution in [0.1, 0.15) is 19.4 Å². The van der Waals surface area contributed by atoms with Gasteiger partial charge in [-0.25, -0.2) is 0 Å². The molecule has 1 aromatic rings. The summed E-state index contributed by atoms with van der Waals surface area (Å²) in [5, 5.41) is 12.4. The van der Waals surface area contributed by atoms with Crippen molar-refractivity contribution in [3.05, 3.63) is 29.8 Å². The van der Waals surface area contributed by atoms with E-state index in [0.29, 0.717) is 0 Å². The average Bonchev–Trinajstić information content (AvgIpc) is 2.41. The maximum Gasteiger partial charge on any atom is 0.0893 e. The Morgan fingerprint density at radius 3 is 2.33 bits per heavy atom. The first-order chi connectivity index (χ1) is 8.72. The first kappa shape index (κ1) is 12.9. The zero-order valence-corrected chi connectivity index (χ0v) is 11.0. The van der Waals surface area contributed by atoms with Crippen molar-refractivity contribution in [3.63, 3.8) is 0 Å². The monoisotopic (exact) mass is 248 g/mol. The van der Waals surface area contributed by atoms with Gasteiger partial charge in [0.15, 0.2) is 0 Å². The lowest BCUT2D eigenvalue weighted by atomic mass is 10.00. The zero-order valence-electron chi connectivity index (χ0n) is 11.0. The van der Waals surface area contributed by atoms with Gasteiger partial charge in [0.1, 0.15) is 0 Å². The number of hydrogen-bond donors (Lipinski definition) is 1. The van der Waals surface area contributed by atoms with Crippen LogP contribution in [-0.4, -0.2) is 37.2 Å². The molecule has 0 aliphatic carbocycles. The van der Waals surface area contributed by atoms with Crippen molar-refractivity contribution in [1.29, 1.82) is 0 Å². The molecule has 1 aliphatic rings. The molecule has 0 amide bonds. The van der Waals surface area contributed by atoms with Crippen molar-refractivity contribution in [2.24, 2.45) is 11.1 Å². The summed E-state index contributed by atoms with van der Waals surface area (Å²) in [4.78, 5) is 2.30. The van der Waals surface area contributed by atoms with E-state index in [-0.39, 0.29) is 5.92 Å². The van der Waals surface area contributed by atoms with E-state index in [1.54, 1.807) is 0 Å². The number of hydrogen-bond acceptors (Lipinski definition) is 4. The number of ether oxygens (including phenoxy) is 1. The van der Waals surface area contributed by atoms with Gasteiger partial charge >= 0.3 is 0 Å². The Morgan fingerprint density at radius 1 is 1.22 bits per heavy atom. The summed E-state index contributed by atoms with van der Waals surface area (Å²) < 4.78 is 5.34. The van der Waals surface area contributed by atoms with Crippen molar-refractivity contribution in [1.82, 2.24) is 0 Å². The fourth-order valence-corrected chi connectivity index (χ4v) is 2.17. The molecule has 2 rings (SSSR count). The summed E-state index contributed by atoms with van der Waals surface area (Å²) in [5.41, 5.74) is 2.90. The first-order valence-corrected chi connectivity index (χ1v) is 6.37. The minimum absolute atomic E-state index is 0.212. The SMILES string of the molecule is CC(C)/C(=N\O)c1ccc(N2CCOCC2)cc1. The molecule has 0 unspecified atom stereocenters. The molecule has 4 nitrogen and oxygen atoms in total. The molecule has 0 spiro atoms. The fraction of sp³-hybridized carbons (Fsp3) is 0.500. The molecule has 0 saturated carbocycles. The van der Waals surface area contributed by atoms with Gasteiger partial charge in [-0.3, -0.25) is 0 Å². The zero-order chi connectivity index (χ0) is 13.0. The highest BCUT2D eigenvalue weighted by molar-refractivity contribution is 6.01. The number of anilines is 1. The maximum atomic E-state index is 9.03. The van der Waals surface area contributed by atoms with Crippen molar-refractivity contribution in [2.75, 3.05) is 31.2 Å². The van der Waals surface area contributed by atoms with E-state index in [0.717, 1.165) is 37.6 Å². The van der Waals surface area contributed by atoms with Gasteiger partial charge in [0.05, 0.1) is 18.9 Å². The Hall–Kier alpha value is -1.55. The topological polar surface area (TPSA) is 45.1 Å². The average molecular weight is 248 g/mol. The van der Waals surface area contributed by atoms with E-state index in [1.165, 1.54) is 5.69 Å².